The van der Waals surface area contributed by atoms with Crippen molar-refractivity contribution in [1.29, 1.82) is 0 Å². The highest BCUT2D eigenvalue weighted by molar-refractivity contribution is 5.87. The SMILES string of the molecule is COC(=O)c1cc(C)nc(NCC(C)C(=O)O)n1. The van der Waals surface area contributed by atoms with Gasteiger partial charge in [-0.2, -0.15) is 0 Å². The van der Waals surface area contributed by atoms with Crippen LogP contribution in [0.4, 0.5) is 5.95 Å². The Labute approximate surface area is 104 Å². The number of anilines is 1. The average molecular weight is 253 g/mol. The van der Waals surface area contributed by atoms with Gasteiger partial charge in [-0.25, -0.2) is 14.8 Å². The Hall–Kier alpha value is -2.18. The van der Waals surface area contributed by atoms with Crippen LogP contribution in [0, 0.1) is 12.8 Å². The molecule has 0 bridgehead atoms. The third-order valence-electron chi connectivity index (χ3n) is 2.24. The zero-order valence-corrected chi connectivity index (χ0v) is 10.4. The van der Waals surface area contributed by atoms with Crippen LogP contribution < -0.4 is 5.32 Å². The minimum atomic E-state index is -0.914. The van der Waals surface area contributed by atoms with Gasteiger partial charge in [-0.15, -0.1) is 0 Å². The molecule has 1 aromatic heterocycles. The number of carbonyl (C=O) groups excluding carboxylic acids is 1. The second-order valence-corrected chi connectivity index (χ2v) is 3.83. The molecule has 0 saturated heterocycles. The molecule has 0 radical (unpaired) electrons. The summed E-state index contributed by atoms with van der Waals surface area (Å²) in [6, 6.07) is 1.50. The van der Waals surface area contributed by atoms with Crippen LogP contribution in [-0.4, -0.2) is 40.7 Å². The Morgan fingerprint density at radius 2 is 2.17 bits per heavy atom. The number of hydrogen-bond acceptors (Lipinski definition) is 6. The van der Waals surface area contributed by atoms with Crippen molar-refractivity contribution in [3.63, 3.8) is 0 Å². The molecule has 1 heterocycles. The fourth-order valence-corrected chi connectivity index (χ4v) is 1.19. The highest BCUT2D eigenvalue weighted by Gasteiger charge is 2.13. The molecule has 1 rings (SSSR count). The smallest absolute Gasteiger partial charge is 0.356 e. The molecule has 7 heteroatoms. The second kappa shape index (κ2) is 5.95. The number of ether oxygens (including phenoxy) is 1. The summed E-state index contributed by atoms with van der Waals surface area (Å²) >= 11 is 0. The molecular weight excluding hydrogens is 238 g/mol. The number of rotatable bonds is 5. The Balaban J connectivity index is 2.80. The summed E-state index contributed by atoms with van der Waals surface area (Å²) in [4.78, 5) is 30.0. The van der Waals surface area contributed by atoms with E-state index in [1.54, 1.807) is 13.8 Å². The van der Waals surface area contributed by atoms with Crippen LogP contribution in [0.15, 0.2) is 6.07 Å². The standard InChI is InChI=1S/C11H15N3O4/c1-6(9(15)16)5-12-11-13-7(2)4-8(14-11)10(17)18-3/h4,6H,5H2,1-3H3,(H,15,16)(H,12,13,14). The molecule has 98 valence electrons. The zero-order chi connectivity index (χ0) is 13.7. The predicted molar refractivity (Wildman–Crippen MR) is 63.4 cm³/mol. The Morgan fingerprint density at radius 1 is 1.50 bits per heavy atom. The Morgan fingerprint density at radius 3 is 2.72 bits per heavy atom. The number of nitrogens with zero attached hydrogens (tertiary/aromatic N) is 2. The van der Waals surface area contributed by atoms with E-state index in [1.807, 2.05) is 0 Å². The van der Waals surface area contributed by atoms with Gasteiger partial charge in [0.15, 0.2) is 5.69 Å². The van der Waals surface area contributed by atoms with Crippen molar-refractivity contribution in [3.05, 3.63) is 17.5 Å². The number of aromatic nitrogens is 2. The van der Waals surface area contributed by atoms with E-state index in [-0.39, 0.29) is 18.2 Å². The van der Waals surface area contributed by atoms with E-state index < -0.39 is 17.9 Å². The lowest BCUT2D eigenvalue weighted by Crippen LogP contribution is -2.21. The maximum absolute atomic E-state index is 11.3. The molecule has 0 aliphatic carbocycles. The minimum Gasteiger partial charge on any atom is -0.481 e. The summed E-state index contributed by atoms with van der Waals surface area (Å²) in [5, 5.41) is 11.5. The van der Waals surface area contributed by atoms with Crippen LogP contribution in [-0.2, 0) is 9.53 Å². The highest BCUT2D eigenvalue weighted by atomic mass is 16.5. The molecule has 7 nitrogen and oxygen atoms in total. The molecular formula is C11H15N3O4. The number of hydrogen-bond donors (Lipinski definition) is 2. The molecule has 1 unspecified atom stereocenters. The predicted octanol–water partition coefficient (Wildman–Crippen LogP) is 0.704. The average Bonchev–Trinajstić information content (AvgIpc) is 2.34. The van der Waals surface area contributed by atoms with Crippen LogP contribution in [0.5, 0.6) is 0 Å². The largest absolute Gasteiger partial charge is 0.481 e. The number of methoxy groups -OCH3 is 1. The summed E-state index contributed by atoms with van der Waals surface area (Å²) in [7, 11) is 1.26. The number of carbonyl (C=O) groups is 2. The summed E-state index contributed by atoms with van der Waals surface area (Å²) in [6.45, 7) is 3.45. The molecule has 0 spiro atoms. The van der Waals surface area contributed by atoms with Crippen molar-refractivity contribution < 1.29 is 19.4 Å². The fraction of sp³-hybridized carbons (Fsp3) is 0.455. The Bertz CT molecular complexity index is 462. The third-order valence-corrected chi connectivity index (χ3v) is 2.24. The first-order valence-corrected chi connectivity index (χ1v) is 5.34. The van der Waals surface area contributed by atoms with Gasteiger partial charge in [-0.05, 0) is 13.0 Å². The van der Waals surface area contributed by atoms with Gasteiger partial charge >= 0.3 is 11.9 Å². The topological polar surface area (TPSA) is 101 Å². The maximum atomic E-state index is 11.3. The monoisotopic (exact) mass is 253 g/mol. The molecule has 1 atom stereocenters. The number of nitrogens with one attached hydrogen (secondary N) is 1. The van der Waals surface area contributed by atoms with Crippen molar-refractivity contribution >= 4 is 17.9 Å². The highest BCUT2D eigenvalue weighted by Crippen LogP contribution is 2.07. The van der Waals surface area contributed by atoms with Gasteiger partial charge in [-0.3, -0.25) is 4.79 Å². The minimum absolute atomic E-state index is 0.135. The van der Waals surface area contributed by atoms with E-state index in [0.29, 0.717) is 5.69 Å². The first-order valence-electron chi connectivity index (χ1n) is 5.34. The van der Waals surface area contributed by atoms with Gasteiger partial charge in [0.25, 0.3) is 0 Å². The molecule has 0 aliphatic rings. The van der Waals surface area contributed by atoms with E-state index in [4.69, 9.17) is 5.11 Å². The van der Waals surface area contributed by atoms with Gasteiger partial charge in [0.05, 0.1) is 13.0 Å². The molecule has 0 saturated carbocycles. The fourth-order valence-electron chi connectivity index (χ4n) is 1.19. The van der Waals surface area contributed by atoms with Crippen LogP contribution in [0.25, 0.3) is 0 Å². The van der Waals surface area contributed by atoms with Crippen molar-refractivity contribution in [2.75, 3.05) is 19.0 Å². The summed E-state index contributed by atoms with van der Waals surface area (Å²) in [5.74, 6) is -1.84. The summed E-state index contributed by atoms with van der Waals surface area (Å²) in [5.41, 5.74) is 0.728. The van der Waals surface area contributed by atoms with Crippen molar-refractivity contribution in [1.82, 2.24) is 9.97 Å². The summed E-state index contributed by atoms with van der Waals surface area (Å²) in [6.07, 6.45) is 0. The van der Waals surface area contributed by atoms with Gasteiger partial charge < -0.3 is 15.2 Å². The summed E-state index contributed by atoms with van der Waals surface area (Å²) < 4.78 is 4.56. The first kappa shape index (κ1) is 13.9. The van der Waals surface area contributed by atoms with Crippen LogP contribution in [0.1, 0.15) is 23.1 Å². The van der Waals surface area contributed by atoms with Gasteiger partial charge in [0, 0.05) is 12.2 Å². The van der Waals surface area contributed by atoms with Gasteiger partial charge in [0.2, 0.25) is 5.95 Å². The lowest BCUT2D eigenvalue weighted by atomic mass is 10.2. The van der Waals surface area contributed by atoms with E-state index in [9.17, 15) is 9.59 Å². The number of aryl methyl sites for hydroxylation is 1. The lowest BCUT2D eigenvalue weighted by Gasteiger charge is -2.09. The van der Waals surface area contributed by atoms with Crippen LogP contribution in [0.3, 0.4) is 0 Å². The van der Waals surface area contributed by atoms with Crippen molar-refractivity contribution in [3.8, 4) is 0 Å². The Kier molecular flexibility index (Phi) is 4.59. The number of aliphatic carboxylic acids is 1. The molecule has 0 fully saturated rings. The van der Waals surface area contributed by atoms with Crippen LogP contribution >= 0.6 is 0 Å². The van der Waals surface area contributed by atoms with E-state index in [2.05, 4.69) is 20.0 Å². The molecule has 0 amide bonds. The molecule has 18 heavy (non-hydrogen) atoms. The van der Waals surface area contributed by atoms with Crippen molar-refractivity contribution in [2.24, 2.45) is 5.92 Å². The van der Waals surface area contributed by atoms with E-state index in [0.717, 1.165) is 0 Å². The quantitative estimate of drug-likeness (QED) is 0.745. The lowest BCUT2D eigenvalue weighted by molar-refractivity contribution is -0.140. The third kappa shape index (κ3) is 3.69. The van der Waals surface area contributed by atoms with E-state index in [1.165, 1.54) is 13.2 Å². The molecule has 0 aliphatic heterocycles. The van der Waals surface area contributed by atoms with E-state index >= 15 is 0 Å². The van der Waals surface area contributed by atoms with Gasteiger partial charge in [0.1, 0.15) is 0 Å². The number of carboxylic acid groups (broad SMARTS) is 1. The maximum Gasteiger partial charge on any atom is 0.356 e. The van der Waals surface area contributed by atoms with Crippen LogP contribution in [0.2, 0.25) is 0 Å². The number of esters is 1. The number of carboxylic acids is 1. The molecule has 2 N–H and O–H groups in total. The molecule has 0 aromatic carbocycles. The first-order chi connectivity index (χ1) is 8.43. The molecule has 1 aromatic rings. The second-order valence-electron chi connectivity index (χ2n) is 3.83. The van der Waals surface area contributed by atoms with Gasteiger partial charge in [-0.1, -0.05) is 6.92 Å². The van der Waals surface area contributed by atoms with Crippen molar-refractivity contribution in [2.45, 2.75) is 13.8 Å². The zero-order valence-electron chi connectivity index (χ0n) is 10.4. The normalized spacial score (nSPS) is 11.7.